The summed E-state index contributed by atoms with van der Waals surface area (Å²) >= 11 is 5.19. The average molecular weight is 359 g/mol. The van der Waals surface area contributed by atoms with E-state index < -0.39 is 0 Å². The van der Waals surface area contributed by atoms with E-state index >= 15 is 0 Å². The minimum Gasteiger partial charge on any atom is -0.325 e. The number of rotatable bonds is 4. The molecule has 2 aromatic carbocycles. The monoisotopic (exact) mass is 358 g/mol. The van der Waals surface area contributed by atoms with Crippen molar-refractivity contribution in [2.45, 2.75) is 13.0 Å². The van der Waals surface area contributed by atoms with Crippen molar-refractivity contribution in [2.75, 3.05) is 0 Å². The molecule has 106 valence electrons. The smallest absolute Gasteiger partial charge is 0.0979 e. The molecule has 2 nitrogen and oxygen atoms in total. The fourth-order valence-electron chi connectivity index (χ4n) is 2.21. The van der Waals surface area contributed by atoms with Gasteiger partial charge < -0.3 is 5.73 Å². The minimum atomic E-state index is 0.473. The first-order valence-electron chi connectivity index (χ1n) is 6.75. The Labute approximate surface area is 136 Å². The third kappa shape index (κ3) is 3.40. The van der Waals surface area contributed by atoms with Gasteiger partial charge in [0.1, 0.15) is 0 Å². The van der Waals surface area contributed by atoms with Crippen molar-refractivity contribution in [3.63, 3.8) is 0 Å². The van der Waals surface area contributed by atoms with Gasteiger partial charge in [-0.1, -0.05) is 58.4 Å². The van der Waals surface area contributed by atoms with Gasteiger partial charge in [0.25, 0.3) is 0 Å². The number of benzene rings is 2. The van der Waals surface area contributed by atoms with Gasteiger partial charge in [-0.05, 0) is 23.3 Å². The molecule has 0 aliphatic carbocycles. The number of thiazole rings is 1. The molecule has 0 unspecified atom stereocenters. The second-order valence-corrected chi connectivity index (χ2v) is 6.76. The van der Waals surface area contributed by atoms with Crippen LogP contribution in [0.25, 0.3) is 10.4 Å². The zero-order chi connectivity index (χ0) is 14.7. The number of aromatic nitrogens is 1. The van der Waals surface area contributed by atoms with Crippen LogP contribution in [0.1, 0.15) is 16.3 Å². The Morgan fingerprint density at radius 2 is 1.71 bits per heavy atom. The van der Waals surface area contributed by atoms with E-state index in [0.717, 1.165) is 21.6 Å². The van der Waals surface area contributed by atoms with Gasteiger partial charge in [0.2, 0.25) is 0 Å². The number of halogens is 1. The third-order valence-corrected chi connectivity index (χ3v) is 4.91. The van der Waals surface area contributed by atoms with Crippen LogP contribution in [0.15, 0.2) is 59.1 Å². The fraction of sp³-hybridized carbons (Fsp3) is 0.118. The second-order valence-electron chi connectivity index (χ2n) is 4.76. The maximum Gasteiger partial charge on any atom is 0.0979 e. The molecule has 0 fully saturated rings. The van der Waals surface area contributed by atoms with Crippen LogP contribution in [-0.2, 0) is 13.0 Å². The van der Waals surface area contributed by atoms with Gasteiger partial charge in [0.15, 0.2) is 0 Å². The quantitative estimate of drug-likeness (QED) is 0.738. The molecule has 0 aliphatic heterocycles. The fourth-order valence-corrected chi connectivity index (χ4v) is 3.60. The lowest BCUT2D eigenvalue weighted by atomic mass is 10.1. The van der Waals surface area contributed by atoms with Crippen molar-refractivity contribution in [1.29, 1.82) is 0 Å². The van der Waals surface area contributed by atoms with Gasteiger partial charge in [-0.25, -0.2) is 4.98 Å². The summed E-state index contributed by atoms with van der Waals surface area (Å²) in [7, 11) is 0. The number of nitrogens with zero attached hydrogens (tertiary/aromatic N) is 1. The second kappa shape index (κ2) is 6.52. The molecule has 21 heavy (non-hydrogen) atoms. The van der Waals surface area contributed by atoms with E-state index in [1.165, 1.54) is 16.0 Å². The molecule has 0 spiro atoms. The zero-order valence-electron chi connectivity index (χ0n) is 11.4. The zero-order valence-corrected chi connectivity index (χ0v) is 13.8. The first-order valence-corrected chi connectivity index (χ1v) is 8.35. The van der Waals surface area contributed by atoms with Gasteiger partial charge in [-0.15, -0.1) is 11.3 Å². The van der Waals surface area contributed by atoms with E-state index in [9.17, 15) is 0 Å². The maximum absolute atomic E-state index is 5.85. The average Bonchev–Trinajstić information content (AvgIpc) is 2.93. The number of hydrogen-bond donors (Lipinski definition) is 1. The Hall–Kier alpha value is -1.49. The van der Waals surface area contributed by atoms with E-state index in [1.807, 2.05) is 18.2 Å². The lowest BCUT2D eigenvalue weighted by molar-refractivity contribution is 0.984. The van der Waals surface area contributed by atoms with Crippen LogP contribution in [0.5, 0.6) is 0 Å². The Balaban J connectivity index is 1.91. The van der Waals surface area contributed by atoms with Crippen molar-refractivity contribution in [3.05, 3.63) is 75.3 Å². The van der Waals surface area contributed by atoms with Gasteiger partial charge in [-0.2, -0.15) is 0 Å². The van der Waals surface area contributed by atoms with Gasteiger partial charge in [0.05, 0.1) is 15.6 Å². The lowest BCUT2D eigenvalue weighted by Crippen LogP contribution is -1.98. The van der Waals surface area contributed by atoms with Crippen molar-refractivity contribution in [1.82, 2.24) is 4.98 Å². The van der Waals surface area contributed by atoms with E-state index in [1.54, 1.807) is 11.3 Å². The van der Waals surface area contributed by atoms with Crippen LogP contribution in [0.4, 0.5) is 0 Å². The molecule has 0 bridgehead atoms. The van der Waals surface area contributed by atoms with Crippen molar-refractivity contribution < 1.29 is 0 Å². The summed E-state index contributed by atoms with van der Waals surface area (Å²) < 4.78 is 1.10. The largest absolute Gasteiger partial charge is 0.325 e. The first-order chi connectivity index (χ1) is 10.3. The summed E-state index contributed by atoms with van der Waals surface area (Å²) in [4.78, 5) is 5.89. The maximum atomic E-state index is 5.85. The number of nitrogens with two attached hydrogens (primary N) is 1. The minimum absolute atomic E-state index is 0.473. The Bertz CT molecular complexity index is 720. The van der Waals surface area contributed by atoms with E-state index in [0.29, 0.717) is 6.54 Å². The van der Waals surface area contributed by atoms with E-state index in [2.05, 4.69) is 52.3 Å². The van der Waals surface area contributed by atoms with Gasteiger partial charge >= 0.3 is 0 Å². The summed E-state index contributed by atoms with van der Waals surface area (Å²) in [6, 6.07) is 18.7. The van der Waals surface area contributed by atoms with Crippen molar-refractivity contribution >= 4 is 27.3 Å². The van der Waals surface area contributed by atoms with E-state index in [-0.39, 0.29) is 0 Å². The summed E-state index contributed by atoms with van der Waals surface area (Å²) in [6.07, 6.45) is 0.845. The molecule has 0 saturated carbocycles. The van der Waals surface area contributed by atoms with Crippen LogP contribution >= 0.6 is 27.3 Å². The van der Waals surface area contributed by atoms with Crippen LogP contribution in [0.3, 0.4) is 0 Å². The predicted octanol–water partition coefficient (Wildman–Crippen LogP) is 4.62. The molecule has 3 aromatic rings. The molecule has 0 atom stereocenters. The molecule has 1 aromatic heterocycles. The van der Waals surface area contributed by atoms with Crippen molar-refractivity contribution in [3.8, 4) is 10.4 Å². The molecule has 3 rings (SSSR count). The summed E-state index contributed by atoms with van der Waals surface area (Å²) in [5, 5.41) is 1.11. The van der Waals surface area contributed by atoms with Crippen molar-refractivity contribution in [2.24, 2.45) is 5.73 Å². The van der Waals surface area contributed by atoms with Crippen LogP contribution < -0.4 is 5.73 Å². The highest BCUT2D eigenvalue weighted by Crippen LogP contribution is 2.31. The van der Waals surface area contributed by atoms with Crippen LogP contribution in [0.2, 0.25) is 0 Å². The Morgan fingerprint density at radius 3 is 2.38 bits per heavy atom. The lowest BCUT2D eigenvalue weighted by Gasteiger charge is -1.98. The van der Waals surface area contributed by atoms with Gasteiger partial charge in [-0.3, -0.25) is 0 Å². The van der Waals surface area contributed by atoms with E-state index in [4.69, 9.17) is 10.7 Å². The highest BCUT2D eigenvalue weighted by molar-refractivity contribution is 9.10. The Kier molecular flexibility index (Phi) is 4.48. The summed E-state index contributed by atoms with van der Waals surface area (Å²) in [5.41, 5.74) is 9.29. The summed E-state index contributed by atoms with van der Waals surface area (Å²) in [6.45, 7) is 0.473. The molecule has 0 aliphatic rings. The molecule has 4 heteroatoms. The van der Waals surface area contributed by atoms with Gasteiger partial charge in [0, 0.05) is 17.4 Å². The normalized spacial score (nSPS) is 10.8. The number of hydrogen-bond acceptors (Lipinski definition) is 3. The molecular weight excluding hydrogens is 344 g/mol. The highest BCUT2D eigenvalue weighted by atomic mass is 79.9. The third-order valence-electron chi connectivity index (χ3n) is 3.24. The first kappa shape index (κ1) is 14.4. The standard InChI is InChI=1S/C17H15BrN2S/c18-14-8-6-12(7-9-14)10-16-20-15(11-19)17(21-16)13-4-2-1-3-5-13/h1-9H,10-11,19H2. The molecule has 0 radical (unpaired) electrons. The predicted molar refractivity (Wildman–Crippen MR) is 92.4 cm³/mol. The van der Waals surface area contributed by atoms with Crippen LogP contribution in [-0.4, -0.2) is 4.98 Å². The summed E-state index contributed by atoms with van der Waals surface area (Å²) in [5.74, 6) is 0. The SMILES string of the molecule is NCc1nc(Cc2ccc(Br)cc2)sc1-c1ccccc1. The molecule has 1 heterocycles. The molecule has 0 amide bonds. The topological polar surface area (TPSA) is 38.9 Å². The Morgan fingerprint density at radius 1 is 1.00 bits per heavy atom. The highest BCUT2D eigenvalue weighted by Gasteiger charge is 2.12. The molecular formula is C17H15BrN2S. The molecule has 2 N–H and O–H groups in total. The van der Waals surface area contributed by atoms with Crippen LogP contribution in [0, 0.1) is 0 Å². The molecule has 0 saturated heterocycles.